The van der Waals surface area contributed by atoms with E-state index in [0.29, 0.717) is 11.4 Å². The number of nitro groups is 1. The number of benzene rings is 1. The highest BCUT2D eigenvalue weighted by atomic mass is 16.6. The van der Waals surface area contributed by atoms with Crippen molar-refractivity contribution in [2.75, 3.05) is 37.0 Å². The van der Waals surface area contributed by atoms with Crippen LogP contribution in [0, 0.1) is 16.0 Å². The smallest absolute Gasteiger partial charge is 0.311 e. The average Bonchev–Trinajstić information content (AvgIpc) is 2.93. The Labute approximate surface area is 132 Å². The van der Waals surface area contributed by atoms with E-state index in [4.69, 9.17) is 5.11 Å². The van der Waals surface area contributed by atoms with Crippen LogP contribution in [-0.2, 0) is 14.3 Å². The number of nitrogens with one attached hydrogen (secondary N) is 1. The summed E-state index contributed by atoms with van der Waals surface area (Å²) < 4.78 is 4.65. The van der Waals surface area contributed by atoms with Gasteiger partial charge >= 0.3 is 5.97 Å². The van der Waals surface area contributed by atoms with Crippen LogP contribution in [0.2, 0.25) is 0 Å². The van der Waals surface area contributed by atoms with Crippen LogP contribution in [0.1, 0.15) is 6.42 Å². The molecule has 124 valence electrons. The number of amides is 1. The Morgan fingerprint density at radius 1 is 1.57 bits per heavy atom. The van der Waals surface area contributed by atoms with Crippen LogP contribution in [0.3, 0.4) is 0 Å². The summed E-state index contributed by atoms with van der Waals surface area (Å²) >= 11 is 0. The number of anilines is 2. The van der Waals surface area contributed by atoms with Gasteiger partial charge in [0.15, 0.2) is 0 Å². The summed E-state index contributed by atoms with van der Waals surface area (Å²) in [6.45, 7) is 0.197. The first-order valence-corrected chi connectivity index (χ1v) is 6.99. The highest BCUT2D eigenvalue weighted by Crippen LogP contribution is 2.34. The fourth-order valence-electron chi connectivity index (χ4n) is 2.46. The molecule has 0 aliphatic carbocycles. The van der Waals surface area contributed by atoms with E-state index < -0.39 is 16.8 Å². The van der Waals surface area contributed by atoms with Crippen LogP contribution in [-0.4, -0.2) is 48.7 Å². The number of aliphatic hydroxyl groups excluding tert-OH is 1. The van der Waals surface area contributed by atoms with Gasteiger partial charge in [-0.15, -0.1) is 0 Å². The number of non-ortho nitro benzene ring substituents is 1. The maximum atomic E-state index is 12.2. The Balaban J connectivity index is 2.35. The Bertz CT molecular complexity index is 633. The molecule has 0 spiro atoms. The van der Waals surface area contributed by atoms with E-state index in [1.54, 1.807) is 0 Å². The summed E-state index contributed by atoms with van der Waals surface area (Å²) in [6.07, 6.45) is -0.00515. The standard InChI is InChI=1S/C14H17N3O6/c1-23-14(20)9-6-13(19)16(8-9)12-7-10(17(21)22)2-3-11(12)15-4-5-18/h2-3,7,9,15,18H,4-6,8H2,1H3. The number of methoxy groups -OCH3 is 1. The quantitative estimate of drug-likeness (QED) is 0.444. The van der Waals surface area contributed by atoms with E-state index in [0.717, 1.165) is 0 Å². The molecule has 0 radical (unpaired) electrons. The normalized spacial score (nSPS) is 17.2. The summed E-state index contributed by atoms with van der Waals surface area (Å²) in [5.41, 5.74) is 0.622. The third kappa shape index (κ3) is 3.57. The average molecular weight is 323 g/mol. The molecule has 1 aromatic rings. The van der Waals surface area contributed by atoms with Gasteiger partial charge in [0.25, 0.3) is 5.69 Å². The lowest BCUT2D eigenvalue weighted by atomic mass is 10.1. The van der Waals surface area contributed by atoms with Gasteiger partial charge in [-0.2, -0.15) is 0 Å². The maximum Gasteiger partial charge on any atom is 0.311 e. The highest BCUT2D eigenvalue weighted by molar-refractivity contribution is 6.02. The number of nitro benzene ring substituents is 1. The Morgan fingerprint density at radius 3 is 2.91 bits per heavy atom. The molecular formula is C14H17N3O6. The van der Waals surface area contributed by atoms with Crippen LogP contribution >= 0.6 is 0 Å². The van der Waals surface area contributed by atoms with Gasteiger partial charge in [-0.3, -0.25) is 19.7 Å². The fourth-order valence-corrected chi connectivity index (χ4v) is 2.46. The second kappa shape index (κ2) is 7.05. The van der Waals surface area contributed by atoms with Crippen molar-refractivity contribution in [3.63, 3.8) is 0 Å². The first-order valence-electron chi connectivity index (χ1n) is 6.99. The number of rotatable bonds is 6. The van der Waals surface area contributed by atoms with Gasteiger partial charge in [0.2, 0.25) is 5.91 Å². The first-order chi connectivity index (χ1) is 11.0. The number of hydrogen-bond acceptors (Lipinski definition) is 7. The zero-order chi connectivity index (χ0) is 17.0. The lowest BCUT2D eigenvalue weighted by Crippen LogP contribution is -2.27. The van der Waals surface area contributed by atoms with Gasteiger partial charge < -0.3 is 20.1 Å². The number of ether oxygens (including phenoxy) is 1. The van der Waals surface area contributed by atoms with Crippen molar-refractivity contribution in [3.05, 3.63) is 28.3 Å². The molecular weight excluding hydrogens is 306 g/mol. The predicted molar refractivity (Wildman–Crippen MR) is 81.1 cm³/mol. The second-order valence-electron chi connectivity index (χ2n) is 5.04. The van der Waals surface area contributed by atoms with Gasteiger partial charge in [-0.05, 0) is 6.07 Å². The largest absolute Gasteiger partial charge is 0.469 e. The maximum absolute atomic E-state index is 12.2. The molecule has 1 atom stereocenters. The molecule has 1 aromatic carbocycles. The molecule has 9 heteroatoms. The highest BCUT2D eigenvalue weighted by Gasteiger charge is 2.37. The van der Waals surface area contributed by atoms with Crippen molar-refractivity contribution >= 4 is 28.9 Å². The minimum absolute atomic E-state index is 0.00515. The topological polar surface area (TPSA) is 122 Å². The monoisotopic (exact) mass is 323 g/mol. The number of hydrogen-bond donors (Lipinski definition) is 2. The van der Waals surface area contributed by atoms with Crippen LogP contribution in [0.15, 0.2) is 18.2 Å². The summed E-state index contributed by atoms with van der Waals surface area (Å²) in [4.78, 5) is 35.5. The van der Waals surface area contributed by atoms with Crippen LogP contribution in [0.5, 0.6) is 0 Å². The predicted octanol–water partition coefficient (Wildman–Crippen LogP) is 0.525. The van der Waals surface area contributed by atoms with E-state index in [2.05, 4.69) is 10.1 Å². The Hall–Kier alpha value is -2.68. The molecule has 2 rings (SSSR count). The van der Waals surface area contributed by atoms with E-state index in [1.807, 2.05) is 0 Å². The number of esters is 1. The van der Waals surface area contributed by atoms with Crippen molar-refractivity contribution in [2.24, 2.45) is 5.92 Å². The van der Waals surface area contributed by atoms with E-state index in [-0.39, 0.29) is 37.7 Å². The molecule has 0 aromatic heterocycles. The summed E-state index contributed by atoms with van der Waals surface area (Å²) in [5, 5.41) is 22.8. The third-order valence-corrected chi connectivity index (χ3v) is 3.57. The van der Waals surface area contributed by atoms with Crippen molar-refractivity contribution in [1.29, 1.82) is 0 Å². The first kappa shape index (κ1) is 16.7. The molecule has 1 saturated heterocycles. The lowest BCUT2D eigenvalue weighted by Gasteiger charge is -2.20. The number of carbonyl (C=O) groups excluding carboxylic acids is 2. The van der Waals surface area contributed by atoms with Crippen LogP contribution in [0.4, 0.5) is 17.1 Å². The molecule has 1 amide bonds. The minimum atomic E-state index is -0.600. The SMILES string of the molecule is COC(=O)C1CC(=O)N(c2cc([N+](=O)[O-])ccc2NCCO)C1. The minimum Gasteiger partial charge on any atom is -0.469 e. The zero-order valence-electron chi connectivity index (χ0n) is 12.5. The van der Waals surface area contributed by atoms with Gasteiger partial charge in [0, 0.05) is 31.6 Å². The van der Waals surface area contributed by atoms with Crippen LogP contribution in [0.25, 0.3) is 0 Å². The molecule has 1 heterocycles. The zero-order valence-corrected chi connectivity index (χ0v) is 12.5. The van der Waals surface area contributed by atoms with E-state index >= 15 is 0 Å². The molecule has 9 nitrogen and oxygen atoms in total. The van der Waals surface area contributed by atoms with Gasteiger partial charge in [-0.1, -0.05) is 0 Å². The van der Waals surface area contributed by atoms with Crippen molar-refractivity contribution in [1.82, 2.24) is 0 Å². The van der Waals surface area contributed by atoms with Crippen molar-refractivity contribution < 1.29 is 24.4 Å². The molecule has 1 aliphatic heterocycles. The fraction of sp³-hybridized carbons (Fsp3) is 0.429. The summed E-state index contributed by atoms with van der Waals surface area (Å²) in [6, 6.07) is 4.06. The van der Waals surface area contributed by atoms with Crippen molar-refractivity contribution in [3.8, 4) is 0 Å². The molecule has 1 aliphatic rings. The lowest BCUT2D eigenvalue weighted by molar-refractivity contribution is -0.384. The number of carbonyl (C=O) groups is 2. The molecule has 0 saturated carbocycles. The number of aliphatic hydroxyl groups is 1. The molecule has 2 N–H and O–H groups in total. The summed E-state index contributed by atoms with van der Waals surface area (Å²) in [7, 11) is 1.25. The van der Waals surface area contributed by atoms with Gasteiger partial charge in [-0.25, -0.2) is 0 Å². The second-order valence-corrected chi connectivity index (χ2v) is 5.04. The molecule has 1 fully saturated rings. The van der Waals surface area contributed by atoms with Gasteiger partial charge in [0.05, 0.1) is 35.9 Å². The number of nitrogens with zero attached hydrogens (tertiary/aromatic N) is 2. The van der Waals surface area contributed by atoms with E-state index in [9.17, 15) is 19.7 Å². The Kier molecular flexibility index (Phi) is 5.12. The van der Waals surface area contributed by atoms with Crippen molar-refractivity contribution in [2.45, 2.75) is 6.42 Å². The van der Waals surface area contributed by atoms with E-state index in [1.165, 1.54) is 30.2 Å². The molecule has 0 bridgehead atoms. The molecule has 23 heavy (non-hydrogen) atoms. The summed E-state index contributed by atoms with van der Waals surface area (Å²) in [5.74, 6) is -1.40. The Morgan fingerprint density at radius 2 is 2.30 bits per heavy atom. The third-order valence-electron chi connectivity index (χ3n) is 3.57. The van der Waals surface area contributed by atoms with Gasteiger partial charge in [0.1, 0.15) is 0 Å². The van der Waals surface area contributed by atoms with Crippen LogP contribution < -0.4 is 10.2 Å². The molecule has 1 unspecified atom stereocenters.